The van der Waals surface area contributed by atoms with Crippen LogP contribution in [-0.2, 0) is 21.5 Å². The lowest BCUT2D eigenvalue weighted by Crippen LogP contribution is -2.47. The molecule has 0 atom stereocenters. The molecular formula is C20H20F4N2O3. The molecule has 3 rings (SSSR count). The molecule has 9 heteroatoms. The molecule has 1 aromatic heterocycles. The van der Waals surface area contributed by atoms with E-state index in [1.165, 1.54) is 24.4 Å². The highest BCUT2D eigenvalue weighted by molar-refractivity contribution is 5.88. The molecule has 0 spiro atoms. The molecular weight excluding hydrogens is 392 g/mol. The number of nitrogens with zero attached hydrogens (tertiary/aromatic N) is 1. The second kappa shape index (κ2) is 8.77. The molecule has 2 aromatic rings. The van der Waals surface area contributed by atoms with E-state index in [-0.39, 0.29) is 18.3 Å². The van der Waals surface area contributed by atoms with Crippen LogP contribution in [0.5, 0.6) is 5.88 Å². The summed E-state index contributed by atoms with van der Waals surface area (Å²) in [5.74, 6) is -0.899. The number of halogens is 4. The highest BCUT2D eigenvalue weighted by Gasteiger charge is 2.41. The summed E-state index contributed by atoms with van der Waals surface area (Å²) in [5.41, 5.74) is 0.0899. The molecule has 0 bridgehead atoms. The van der Waals surface area contributed by atoms with E-state index in [4.69, 9.17) is 9.47 Å². The molecule has 0 radical (unpaired) electrons. The maximum Gasteiger partial charge on any atom is 0.422 e. The van der Waals surface area contributed by atoms with Crippen molar-refractivity contribution in [1.29, 1.82) is 0 Å². The summed E-state index contributed by atoms with van der Waals surface area (Å²) < 4.78 is 60.8. The maximum atomic E-state index is 13.3. The first-order chi connectivity index (χ1) is 13.8. The Morgan fingerprint density at radius 3 is 2.52 bits per heavy atom. The summed E-state index contributed by atoms with van der Waals surface area (Å²) in [6.45, 7) is -0.777. The van der Waals surface area contributed by atoms with Crippen LogP contribution in [0.3, 0.4) is 0 Å². The number of hydrogen-bond acceptors (Lipinski definition) is 4. The Morgan fingerprint density at radius 1 is 1.17 bits per heavy atom. The summed E-state index contributed by atoms with van der Waals surface area (Å²) in [6.07, 6.45) is -2.35. The molecule has 29 heavy (non-hydrogen) atoms. The lowest BCUT2D eigenvalue weighted by atomic mass is 9.73. The fourth-order valence-electron chi connectivity index (χ4n) is 3.32. The first-order valence-electron chi connectivity index (χ1n) is 9.06. The van der Waals surface area contributed by atoms with E-state index in [0.717, 1.165) is 0 Å². The van der Waals surface area contributed by atoms with E-state index < -0.39 is 24.0 Å². The van der Waals surface area contributed by atoms with Gasteiger partial charge >= 0.3 is 6.18 Å². The van der Waals surface area contributed by atoms with Crippen LogP contribution in [0.15, 0.2) is 42.6 Å². The lowest BCUT2D eigenvalue weighted by Gasteiger charge is -2.36. The third-order valence-electron chi connectivity index (χ3n) is 4.84. The topological polar surface area (TPSA) is 60.5 Å². The fraction of sp³-hybridized carbons (Fsp3) is 0.400. The van der Waals surface area contributed by atoms with E-state index in [0.29, 0.717) is 37.2 Å². The van der Waals surface area contributed by atoms with Crippen molar-refractivity contribution in [2.24, 2.45) is 0 Å². The Bertz CT molecular complexity index is 834. The number of rotatable bonds is 6. The third kappa shape index (κ3) is 5.23. The van der Waals surface area contributed by atoms with E-state index in [1.807, 2.05) is 0 Å². The lowest BCUT2D eigenvalue weighted by molar-refractivity contribution is -0.154. The van der Waals surface area contributed by atoms with Gasteiger partial charge < -0.3 is 14.8 Å². The number of amides is 1. The molecule has 1 fully saturated rings. The molecule has 1 aliphatic rings. The second-order valence-electron chi connectivity index (χ2n) is 6.76. The zero-order valence-corrected chi connectivity index (χ0v) is 15.5. The molecule has 0 unspecified atom stereocenters. The van der Waals surface area contributed by atoms with Crippen molar-refractivity contribution in [3.8, 4) is 5.88 Å². The van der Waals surface area contributed by atoms with Gasteiger partial charge in [0.2, 0.25) is 11.8 Å². The van der Waals surface area contributed by atoms with Gasteiger partial charge in [-0.25, -0.2) is 9.37 Å². The van der Waals surface area contributed by atoms with Crippen molar-refractivity contribution in [1.82, 2.24) is 10.3 Å². The first-order valence-corrected chi connectivity index (χ1v) is 9.06. The minimum atomic E-state index is -4.49. The summed E-state index contributed by atoms with van der Waals surface area (Å²) in [5, 5.41) is 2.77. The Labute approximate surface area is 165 Å². The maximum absolute atomic E-state index is 13.3. The number of pyridine rings is 1. The molecule has 2 heterocycles. The minimum absolute atomic E-state index is 0.0519. The van der Waals surface area contributed by atoms with E-state index >= 15 is 0 Å². The standard InChI is InChI=1S/C20H20F4N2O3/c21-16-5-3-15(4-6-16)19(7-10-28-11-8-19)18(27)26-12-14-2-1-9-25-17(14)29-13-20(22,23)24/h1-6,9H,7-8,10-13H2,(H,26,27). The molecule has 5 nitrogen and oxygen atoms in total. The number of carbonyl (C=O) groups excluding carboxylic acids is 1. The van der Waals surface area contributed by atoms with Gasteiger partial charge in [-0.2, -0.15) is 13.2 Å². The monoisotopic (exact) mass is 412 g/mol. The van der Waals surface area contributed by atoms with Gasteiger partial charge in [0.05, 0.1) is 5.41 Å². The Balaban J connectivity index is 1.75. The molecule has 1 amide bonds. The van der Waals surface area contributed by atoms with Crippen molar-refractivity contribution in [2.75, 3.05) is 19.8 Å². The van der Waals surface area contributed by atoms with Crippen molar-refractivity contribution in [2.45, 2.75) is 31.0 Å². The van der Waals surface area contributed by atoms with Crippen LogP contribution in [0, 0.1) is 5.82 Å². The van der Waals surface area contributed by atoms with E-state index in [2.05, 4.69) is 10.3 Å². The molecule has 0 saturated carbocycles. The molecule has 1 aromatic carbocycles. The smallest absolute Gasteiger partial charge is 0.422 e. The second-order valence-corrected chi connectivity index (χ2v) is 6.76. The van der Waals surface area contributed by atoms with Crippen molar-refractivity contribution in [3.05, 3.63) is 59.5 Å². The Kier molecular flexibility index (Phi) is 6.36. The number of alkyl halides is 3. The van der Waals surface area contributed by atoms with Gasteiger partial charge in [0, 0.05) is 31.5 Å². The van der Waals surface area contributed by atoms with Crippen molar-refractivity contribution >= 4 is 5.91 Å². The minimum Gasteiger partial charge on any atom is -0.468 e. The van der Waals surface area contributed by atoms with E-state index in [1.54, 1.807) is 18.2 Å². The van der Waals surface area contributed by atoms with Crippen LogP contribution < -0.4 is 10.1 Å². The molecule has 1 aliphatic heterocycles. The number of hydrogen-bond donors (Lipinski definition) is 1. The van der Waals surface area contributed by atoms with Crippen LogP contribution in [0.25, 0.3) is 0 Å². The largest absolute Gasteiger partial charge is 0.468 e. The average molecular weight is 412 g/mol. The van der Waals surface area contributed by atoms with Crippen LogP contribution in [0.4, 0.5) is 17.6 Å². The average Bonchev–Trinajstić information content (AvgIpc) is 2.71. The Hall–Kier alpha value is -2.68. The predicted molar refractivity (Wildman–Crippen MR) is 95.8 cm³/mol. The van der Waals surface area contributed by atoms with Gasteiger partial charge in [-0.05, 0) is 36.6 Å². The summed E-state index contributed by atoms with van der Waals surface area (Å²) in [6, 6.07) is 8.82. The first kappa shape index (κ1) is 21.0. The van der Waals surface area contributed by atoms with Crippen LogP contribution in [0.1, 0.15) is 24.0 Å². The van der Waals surface area contributed by atoms with Crippen LogP contribution in [0.2, 0.25) is 0 Å². The number of benzene rings is 1. The van der Waals surface area contributed by atoms with Gasteiger partial charge in [0.1, 0.15) is 5.82 Å². The Morgan fingerprint density at radius 2 is 1.86 bits per heavy atom. The number of aromatic nitrogens is 1. The number of carbonyl (C=O) groups is 1. The number of ether oxygens (including phenoxy) is 2. The van der Waals surface area contributed by atoms with Gasteiger partial charge in [-0.1, -0.05) is 18.2 Å². The van der Waals surface area contributed by atoms with Crippen molar-refractivity contribution < 1.29 is 31.8 Å². The quantitative estimate of drug-likeness (QED) is 0.738. The normalized spacial score (nSPS) is 16.3. The van der Waals surface area contributed by atoms with Crippen molar-refractivity contribution in [3.63, 3.8) is 0 Å². The molecule has 1 saturated heterocycles. The third-order valence-corrected chi connectivity index (χ3v) is 4.84. The fourth-order valence-corrected chi connectivity index (χ4v) is 3.32. The molecule has 156 valence electrons. The highest BCUT2D eigenvalue weighted by Crippen LogP contribution is 2.35. The summed E-state index contributed by atoms with van der Waals surface area (Å²) in [4.78, 5) is 16.9. The van der Waals surface area contributed by atoms with Gasteiger partial charge in [-0.15, -0.1) is 0 Å². The highest BCUT2D eigenvalue weighted by atomic mass is 19.4. The van der Waals surface area contributed by atoms with Crippen LogP contribution >= 0.6 is 0 Å². The van der Waals surface area contributed by atoms with Gasteiger partial charge in [0.15, 0.2) is 6.61 Å². The number of nitrogens with one attached hydrogen (secondary N) is 1. The summed E-state index contributed by atoms with van der Waals surface area (Å²) >= 11 is 0. The zero-order valence-electron chi connectivity index (χ0n) is 15.5. The summed E-state index contributed by atoms with van der Waals surface area (Å²) in [7, 11) is 0. The van der Waals surface area contributed by atoms with Gasteiger partial charge in [0.25, 0.3) is 0 Å². The van der Waals surface area contributed by atoms with Crippen LogP contribution in [-0.4, -0.2) is 36.9 Å². The van der Waals surface area contributed by atoms with E-state index in [9.17, 15) is 22.4 Å². The van der Waals surface area contributed by atoms with Gasteiger partial charge in [-0.3, -0.25) is 4.79 Å². The molecule has 0 aliphatic carbocycles. The zero-order chi connectivity index (χ0) is 20.9. The molecule has 1 N–H and O–H groups in total. The SMILES string of the molecule is O=C(NCc1cccnc1OCC(F)(F)F)C1(c2ccc(F)cc2)CCOCC1. The predicted octanol–water partition coefficient (Wildman–Crippen LogP) is 3.53.